The van der Waals surface area contributed by atoms with E-state index >= 15 is 0 Å². The van der Waals surface area contributed by atoms with Crippen molar-refractivity contribution in [2.75, 3.05) is 11.9 Å². The topological polar surface area (TPSA) is 69.7 Å². The number of anilines is 1. The Morgan fingerprint density at radius 3 is 2.42 bits per heavy atom. The van der Waals surface area contributed by atoms with E-state index in [1.54, 1.807) is 18.2 Å². The number of urea groups is 1. The van der Waals surface area contributed by atoms with Gasteiger partial charge in [-0.15, -0.1) is 0 Å². The molecule has 2 bridgehead atoms. The lowest BCUT2D eigenvalue weighted by atomic mass is 9.65. The van der Waals surface area contributed by atoms with Crippen molar-refractivity contribution in [3.63, 3.8) is 0 Å². The Balaban J connectivity index is 1.33. The molecule has 2 saturated carbocycles. The van der Waals surface area contributed by atoms with E-state index in [2.05, 4.69) is 26.1 Å². The van der Waals surface area contributed by atoms with Gasteiger partial charge in [0.1, 0.15) is 0 Å². The quantitative estimate of drug-likeness (QED) is 0.677. The maximum absolute atomic E-state index is 13.1. The number of imide groups is 1. The van der Waals surface area contributed by atoms with Gasteiger partial charge in [-0.1, -0.05) is 40.0 Å². The summed E-state index contributed by atoms with van der Waals surface area (Å²) >= 11 is 0. The lowest BCUT2D eigenvalue weighted by Gasteiger charge is -2.39. The van der Waals surface area contributed by atoms with Crippen LogP contribution in [-0.4, -0.2) is 46.3 Å². The molecule has 1 N–H and O–H groups in total. The van der Waals surface area contributed by atoms with E-state index < -0.39 is 0 Å². The molecule has 2 unspecified atom stereocenters. The molecule has 0 radical (unpaired) electrons. The fraction of sp³-hybridized carbons (Fsp3) is 0.640. The van der Waals surface area contributed by atoms with Crippen LogP contribution in [0.2, 0.25) is 0 Å². The van der Waals surface area contributed by atoms with Gasteiger partial charge in [0.25, 0.3) is 11.8 Å². The molecule has 1 aromatic carbocycles. The fourth-order valence-corrected chi connectivity index (χ4v) is 6.90. The molecule has 3 fully saturated rings. The molecule has 0 aromatic heterocycles. The van der Waals surface area contributed by atoms with Crippen molar-refractivity contribution in [3.8, 4) is 0 Å². The highest BCUT2D eigenvalue weighted by molar-refractivity contribution is 6.22. The van der Waals surface area contributed by atoms with Gasteiger partial charge in [-0.25, -0.2) is 4.79 Å². The number of likely N-dealkylation sites (tertiary alicyclic amines) is 1. The zero-order chi connectivity index (χ0) is 22.0. The number of amides is 4. The van der Waals surface area contributed by atoms with Crippen molar-refractivity contribution in [1.29, 1.82) is 0 Å². The standard InChI is InChI=1S/C25H33N3O3/c1-24(2)12-18-13-25(3,14-24)15-27(18)23(31)26-16-9-10-19-20(11-16)22(30)28(21(19)29)17-7-5-4-6-8-17/h9-11,17-18H,4-8,12-15H2,1-3H3,(H,26,31). The van der Waals surface area contributed by atoms with Crippen LogP contribution in [0.15, 0.2) is 18.2 Å². The van der Waals surface area contributed by atoms with Gasteiger partial charge in [0, 0.05) is 24.3 Å². The largest absolute Gasteiger partial charge is 0.322 e. The van der Waals surface area contributed by atoms with Crippen molar-refractivity contribution in [3.05, 3.63) is 29.3 Å². The minimum absolute atomic E-state index is 0.00666. The normalized spacial score (nSPS) is 30.0. The van der Waals surface area contributed by atoms with E-state index in [-0.39, 0.29) is 40.8 Å². The average molecular weight is 424 g/mol. The molecule has 2 heterocycles. The van der Waals surface area contributed by atoms with Crippen LogP contribution in [0, 0.1) is 10.8 Å². The molecular formula is C25H33N3O3. The first-order valence-electron chi connectivity index (χ1n) is 11.8. The van der Waals surface area contributed by atoms with E-state index in [0.29, 0.717) is 16.8 Å². The zero-order valence-corrected chi connectivity index (χ0v) is 18.9. The Kier molecular flexibility index (Phi) is 4.68. The summed E-state index contributed by atoms with van der Waals surface area (Å²) in [4.78, 5) is 42.5. The van der Waals surface area contributed by atoms with Crippen molar-refractivity contribution < 1.29 is 14.4 Å². The van der Waals surface area contributed by atoms with E-state index in [1.807, 2.05) is 4.90 Å². The highest BCUT2D eigenvalue weighted by Gasteiger charge is 2.51. The molecule has 0 spiro atoms. The Morgan fingerprint density at radius 1 is 0.968 bits per heavy atom. The smallest absolute Gasteiger partial charge is 0.321 e. The molecule has 166 valence electrons. The van der Waals surface area contributed by atoms with Gasteiger partial charge in [-0.3, -0.25) is 14.5 Å². The molecule has 6 heteroatoms. The Hall–Kier alpha value is -2.37. The highest BCUT2D eigenvalue weighted by Crippen LogP contribution is 2.52. The van der Waals surface area contributed by atoms with Gasteiger partial charge >= 0.3 is 6.03 Å². The van der Waals surface area contributed by atoms with E-state index in [9.17, 15) is 14.4 Å². The fourth-order valence-electron chi connectivity index (χ4n) is 6.90. The minimum atomic E-state index is -0.214. The first-order chi connectivity index (χ1) is 14.7. The molecule has 5 rings (SSSR count). The number of carbonyl (C=O) groups is 3. The van der Waals surface area contributed by atoms with Crippen LogP contribution in [0.25, 0.3) is 0 Å². The highest BCUT2D eigenvalue weighted by atomic mass is 16.2. The van der Waals surface area contributed by atoms with Gasteiger partial charge in [-0.2, -0.15) is 0 Å². The summed E-state index contributed by atoms with van der Waals surface area (Å²) in [5.74, 6) is -0.400. The first-order valence-corrected chi connectivity index (χ1v) is 11.8. The minimum Gasteiger partial charge on any atom is -0.321 e. The SMILES string of the molecule is CC1(C)CC2CC(C)(CN2C(=O)Nc2ccc3c(c2)C(=O)N(C2CCCCC2)C3=O)C1. The number of rotatable bonds is 2. The summed E-state index contributed by atoms with van der Waals surface area (Å²) in [6.45, 7) is 7.64. The van der Waals surface area contributed by atoms with Crippen LogP contribution < -0.4 is 5.32 Å². The molecule has 2 atom stereocenters. The molecular weight excluding hydrogens is 390 g/mol. The van der Waals surface area contributed by atoms with Crippen molar-refractivity contribution in [2.24, 2.45) is 10.8 Å². The average Bonchev–Trinajstić information content (AvgIpc) is 3.11. The molecule has 2 aliphatic carbocycles. The second-order valence-electron chi connectivity index (χ2n) is 11.3. The summed E-state index contributed by atoms with van der Waals surface area (Å²) in [5.41, 5.74) is 1.88. The third-order valence-electron chi connectivity index (χ3n) is 7.78. The molecule has 6 nitrogen and oxygen atoms in total. The Labute approximate surface area is 184 Å². The summed E-state index contributed by atoms with van der Waals surface area (Å²) in [5, 5.41) is 3.01. The first kappa shape index (κ1) is 20.5. The summed E-state index contributed by atoms with van der Waals surface area (Å²) in [7, 11) is 0. The molecule has 2 aliphatic heterocycles. The number of nitrogens with one attached hydrogen (secondary N) is 1. The van der Waals surface area contributed by atoms with Crippen molar-refractivity contribution in [2.45, 2.75) is 84.2 Å². The van der Waals surface area contributed by atoms with E-state index in [0.717, 1.165) is 51.5 Å². The second kappa shape index (κ2) is 7.07. The number of hydrogen-bond donors (Lipinski definition) is 1. The molecule has 31 heavy (non-hydrogen) atoms. The zero-order valence-electron chi connectivity index (χ0n) is 18.9. The number of hydrogen-bond acceptors (Lipinski definition) is 3. The summed E-state index contributed by atoms with van der Waals surface area (Å²) in [6, 6.07) is 5.29. The van der Waals surface area contributed by atoms with E-state index in [1.165, 1.54) is 11.3 Å². The molecule has 1 saturated heterocycles. The van der Waals surface area contributed by atoms with Gasteiger partial charge in [0.05, 0.1) is 11.1 Å². The van der Waals surface area contributed by atoms with Crippen LogP contribution in [0.4, 0.5) is 10.5 Å². The van der Waals surface area contributed by atoms with Gasteiger partial charge in [0.2, 0.25) is 0 Å². The molecule has 4 aliphatic rings. The number of carbonyl (C=O) groups excluding carboxylic acids is 3. The third kappa shape index (κ3) is 3.54. The molecule has 1 aromatic rings. The van der Waals surface area contributed by atoms with Crippen LogP contribution >= 0.6 is 0 Å². The van der Waals surface area contributed by atoms with Crippen LogP contribution in [0.1, 0.15) is 92.9 Å². The Bertz CT molecular complexity index is 949. The number of fused-ring (bicyclic) bond motifs is 3. The third-order valence-corrected chi connectivity index (χ3v) is 7.78. The monoisotopic (exact) mass is 423 g/mol. The van der Waals surface area contributed by atoms with Crippen molar-refractivity contribution in [1.82, 2.24) is 9.80 Å². The van der Waals surface area contributed by atoms with Gasteiger partial charge in [0.15, 0.2) is 0 Å². The maximum atomic E-state index is 13.1. The predicted molar refractivity (Wildman–Crippen MR) is 119 cm³/mol. The summed E-state index contributed by atoms with van der Waals surface area (Å²) in [6.07, 6.45) is 8.27. The predicted octanol–water partition coefficient (Wildman–Crippen LogP) is 5.05. The van der Waals surface area contributed by atoms with Gasteiger partial charge < -0.3 is 10.2 Å². The molecule has 4 amide bonds. The van der Waals surface area contributed by atoms with Crippen LogP contribution in [-0.2, 0) is 0 Å². The van der Waals surface area contributed by atoms with Crippen LogP contribution in [0.3, 0.4) is 0 Å². The maximum Gasteiger partial charge on any atom is 0.322 e. The lowest BCUT2D eigenvalue weighted by molar-refractivity contribution is 0.0548. The van der Waals surface area contributed by atoms with Crippen LogP contribution in [0.5, 0.6) is 0 Å². The van der Waals surface area contributed by atoms with Gasteiger partial charge in [-0.05, 0) is 61.1 Å². The lowest BCUT2D eigenvalue weighted by Crippen LogP contribution is -2.40. The number of nitrogens with zero attached hydrogens (tertiary/aromatic N) is 2. The van der Waals surface area contributed by atoms with Crippen molar-refractivity contribution >= 4 is 23.5 Å². The number of benzene rings is 1. The Morgan fingerprint density at radius 2 is 1.68 bits per heavy atom. The second-order valence-corrected chi connectivity index (χ2v) is 11.3. The van der Waals surface area contributed by atoms with E-state index in [4.69, 9.17) is 0 Å². The summed E-state index contributed by atoms with van der Waals surface area (Å²) < 4.78 is 0.